The van der Waals surface area contributed by atoms with Gasteiger partial charge in [-0.15, -0.1) is 4.37 Å². The average molecular weight is 404 g/mol. The number of piperazine rings is 1. The van der Waals surface area contributed by atoms with Crippen molar-refractivity contribution in [1.82, 2.24) is 19.1 Å². The fourth-order valence-electron chi connectivity index (χ4n) is 2.59. The predicted molar refractivity (Wildman–Crippen MR) is 92.3 cm³/mol. The van der Waals surface area contributed by atoms with Crippen LogP contribution in [-0.2, 0) is 11.0 Å². The number of halogens is 4. The second kappa shape index (κ2) is 8.05. The summed E-state index contributed by atoms with van der Waals surface area (Å²) in [7, 11) is 1.41. The van der Waals surface area contributed by atoms with E-state index in [2.05, 4.69) is 19.2 Å². The van der Waals surface area contributed by atoms with Crippen LogP contribution in [0.3, 0.4) is 0 Å². The van der Waals surface area contributed by atoms with Crippen molar-refractivity contribution in [3.05, 3.63) is 35.8 Å². The summed E-state index contributed by atoms with van der Waals surface area (Å²) >= 11 is 0.813. The second-order valence-electron chi connectivity index (χ2n) is 5.64. The van der Waals surface area contributed by atoms with E-state index in [0.29, 0.717) is 37.8 Å². The zero-order chi connectivity index (χ0) is 19.4. The maximum absolute atomic E-state index is 13.6. The largest absolute Gasteiger partial charge is 0.416 e. The molecule has 12 heteroatoms. The molecule has 27 heavy (non-hydrogen) atoms. The summed E-state index contributed by atoms with van der Waals surface area (Å²) in [6.45, 7) is 1.96. The Balaban J connectivity index is 1.70. The molecule has 7 nitrogen and oxygen atoms in total. The van der Waals surface area contributed by atoms with E-state index < -0.39 is 17.7 Å². The molecule has 2 heterocycles. The SMILES string of the molecule is CONC(=Nc1ccc(C(F)(F)F)cc1)N1CCN(c2nsnc2F)CC1. The van der Waals surface area contributed by atoms with Gasteiger partial charge in [0.1, 0.15) is 0 Å². The van der Waals surface area contributed by atoms with Crippen LogP contribution in [0.25, 0.3) is 0 Å². The highest BCUT2D eigenvalue weighted by molar-refractivity contribution is 6.99. The minimum atomic E-state index is -4.40. The summed E-state index contributed by atoms with van der Waals surface area (Å²) in [5.74, 6) is -0.0172. The lowest BCUT2D eigenvalue weighted by Gasteiger charge is -2.36. The molecule has 1 aliphatic heterocycles. The molecule has 1 aromatic carbocycles. The summed E-state index contributed by atoms with van der Waals surface area (Å²) < 4.78 is 59.0. The van der Waals surface area contributed by atoms with Crippen LogP contribution in [0.5, 0.6) is 0 Å². The summed E-state index contributed by atoms with van der Waals surface area (Å²) in [6, 6.07) is 4.51. The highest BCUT2D eigenvalue weighted by Crippen LogP contribution is 2.30. The van der Waals surface area contributed by atoms with Crippen LogP contribution >= 0.6 is 11.7 Å². The number of nitrogens with one attached hydrogen (secondary N) is 1. The molecular formula is C15H16F4N6OS. The van der Waals surface area contributed by atoms with E-state index in [-0.39, 0.29) is 5.82 Å². The van der Waals surface area contributed by atoms with Gasteiger partial charge < -0.3 is 9.80 Å². The molecule has 2 aromatic rings. The normalized spacial score (nSPS) is 16.0. The first-order valence-electron chi connectivity index (χ1n) is 7.91. The predicted octanol–water partition coefficient (Wildman–Crippen LogP) is 2.66. The summed E-state index contributed by atoms with van der Waals surface area (Å²) in [5, 5.41) is 0. The molecule has 1 N–H and O–H groups in total. The maximum atomic E-state index is 13.6. The van der Waals surface area contributed by atoms with Crippen LogP contribution in [0.1, 0.15) is 5.56 Å². The molecule has 0 aliphatic carbocycles. The first-order chi connectivity index (χ1) is 12.9. The van der Waals surface area contributed by atoms with E-state index in [1.165, 1.54) is 19.2 Å². The first-order valence-corrected chi connectivity index (χ1v) is 8.64. The molecule has 0 radical (unpaired) electrons. The molecule has 0 unspecified atom stereocenters. The van der Waals surface area contributed by atoms with Crippen molar-refractivity contribution < 1.29 is 22.4 Å². The fraction of sp³-hybridized carbons (Fsp3) is 0.400. The topological polar surface area (TPSA) is 65.9 Å². The van der Waals surface area contributed by atoms with Crippen LogP contribution < -0.4 is 10.4 Å². The van der Waals surface area contributed by atoms with Crippen molar-refractivity contribution in [3.63, 3.8) is 0 Å². The summed E-state index contributed by atoms with van der Waals surface area (Å²) in [6.07, 6.45) is -4.40. The number of hydroxylamine groups is 1. The number of rotatable bonds is 3. The molecule has 1 saturated heterocycles. The van der Waals surface area contributed by atoms with E-state index in [1.807, 2.05) is 4.90 Å². The standard InChI is InChI=1S/C15H16F4N6OS/c1-26-21-14(20-11-4-2-10(3-5-11)15(17,18)19)25-8-6-24(7-9-25)13-12(16)22-27-23-13/h2-5H,6-9H2,1H3,(H,20,21). The highest BCUT2D eigenvalue weighted by Gasteiger charge is 2.30. The third-order valence-electron chi connectivity index (χ3n) is 3.93. The van der Waals surface area contributed by atoms with Gasteiger partial charge >= 0.3 is 6.18 Å². The Morgan fingerprint density at radius 2 is 1.81 bits per heavy atom. The third-order valence-corrected chi connectivity index (χ3v) is 4.43. The van der Waals surface area contributed by atoms with Gasteiger partial charge in [-0.1, -0.05) is 0 Å². The van der Waals surface area contributed by atoms with E-state index in [0.717, 1.165) is 23.9 Å². The zero-order valence-electron chi connectivity index (χ0n) is 14.2. The Kier molecular flexibility index (Phi) is 5.75. The van der Waals surface area contributed by atoms with Crippen LogP contribution in [0, 0.1) is 5.95 Å². The molecule has 0 spiro atoms. The van der Waals surface area contributed by atoms with Crippen LogP contribution in [0.4, 0.5) is 29.1 Å². The van der Waals surface area contributed by atoms with Crippen molar-refractivity contribution in [1.29, 1.82) is 0 Å². The van der Waals surface area contributed by atoms with Gasteiger partial charge in [-0.3, -0.25) is 4.84 Å². The minimum absolute atomic E-state index is 0.223. The Hall–Kier alpha value is -2.47. The third kappa shape index (κ3) is 4.63. The second-order valence-corrected chi connectivity index (χ2v) is 6.17. The molecule has 1 aliphatic rings. The van der Waals surface area contributed by atoms with E-state index in [9.17, 15) is 17.6 Å². The van der Waals surface area contributed by atoms with Gasteiger partial charge in [0.15, 0.2) is 5.82 Å². The number of hydrogen-bond acceptors (Lipinski definition) is 6. The number of hydrogen-bond donors (Lipinski definition) is 1. The smallest absolute Gasteiger partial charge is 0.348 e. The maximum Gasteiger partial charge on any atom is 0.416 e. The minimum Gasteiger partial charge on any atom is -0.348 e. The van der Waals surface area contributed by atoms with Gasteiger partial charge in [0, 0.05) is 26.2 Å². The number of anilines is 1. The molecule has 0 saturated carbocycles. The van der Waals surface area contributed by atoms with E-state index >= 15 is 0 Å². The van der Waals surface area contributed by atoms with Crippen LogP contribution in [-0.4, -0.2) is 52.9 Å². The van der Waals surface area contributed by atoms with Gasteiger partial charge in [0.25, 0.3) is 5.95 Å². The number of aromatic nitrogens is 2. The lowest BCUT2D eigenvalue weighted by molar-refractivity contribution is -0.137. The number of benzene rings is 1. The van der Waals surface area contributed by atoms with Gasteiger partial charge in [-0.2, -0.15) is 21.9 Å². The fourth-order valence-corrected chi connectivity index (χ4v) is 3.05. The van der Waals surface area contributed by atoms with Gasteiger partial charge in [-0.05, 0) is 24.3 Å². The highest BCUT2D eigenvalue weighted by atomic mass is 32.1. The monoisotopic (exact) mass is 404 g/mol. The summed E-state index contributed by atoms with van der Waals surface area (Å²) in [4.78, 5) is 12.9. The average Bonchev–Trinajstić information content (AvgIpc) is 3.07. The molecule has 0 bridgehead atoms. The molecule has 3 rings (SSSR count). The molecule has 0 atom stereocenters. The Labute approximate surface area is 156 Å². The van der Waals surface area contributed by atoms with Crippen molar-refractivity contribution in [2.45, 2.75) is 6.18 Å². The zero-order valence-corrected chi connectivity index (χ0v) is 15.0. The summed E-state index contributed by atoms with van der Waals surface area (Å²) in [5.41, 5.74) is 2.25. The van der Waals surface area contributed by atoms with E-state index in [1.54, 1.807) is 4.90 Å². The molecule has 1 aromatic heterocycles. The lowest BCUT2D eigenvalue weighted by atomic mass is 10.2. The van der Waals surface area contributed by atoms with Gasteiger partial charge in [-0.25, -0.2) is 10.5 Å². The Morgan fingerprint density at radius 3 is 2.33 bits per heavy atom. The van der Waals surface area contributed by atoms with Crippen molar-refractivity contribution in [2.24, 2.45) is 4.99 Å². The molecule has 146 valence electrons. The van der Waals surface area contributed by atoms with Crippen molar-refractivity contribution >= 4 is 29.2 Å². The van der Waals surface area contributed by atoms with E-state index in [4.69, 9.17) is 4.84 Å². The quantitative estimate of drug-likeness (QED) is 0.367. The van der Waals surface area contributed by atoms with Crippen molar-refractivity contribution in [3.8, 4) is 0 Å². The molecule has 0 amide bonds. The number of aliphatic imine (C=N–C) groups is 1. The van der Waals surface area contributed by atoms with Gasteiger partial charge in [0.05, 0.1) is 30.1 Å². The van der Waals surface area contributed by atoms with Crippen molar-refractivity contribution in [2.75, 3.05) is 38.2 Å². The molecular weight excluding hydrogens is 388 g/mol. The van der Waals surface area contributed by atoms with Crippen LogP contribution in [0.2, 0.25) is 0 Å². The molecule has 1 fully saturated rings. The van der Waals surface area contributed by atoms with Crippen LogP contribution in [0.15, 0.2) is 29.3 Å². The number of nitrogens with zero attached hydrogens (tertiary/aromatic N) is 5. The number of guanidine groups is 1. The number of alkyl halides is 3. The lowest BCUT2D eigenvalue weighted by Crippen LogP contribution is -2.52. The Bertz CT molecular complexity index is 786. The van der Waals surface area contributed by atoms with Gasteiger partial charge in [0.2, 0.25) is 5.96 Å². The Morgan fingerprint density at radius 1 is 1.15 bits per heavy atom. The first kappa shape index (κ1) is 19.3.